The molecule has 2 aromatic rings. The molecule has 0 unspecified atom stereocenters. The fourth-order valence-corrected chi connectivity index (χ4v) is 3.44. The molecule has 0 radical (unpaired) electrons. The van der Waals surface area contributed by atoms with Crippen molar-refractivity contribution in [1.29, 1.82) is 0 Å². The van der Waals surface area contributed by atoms with Gasteiger partial charge < -0.3 is 5.11 Å². The van der Waals surface area contributed by atoms with Crippen molar-refractivity contribution in [2.75, 3.05) is 0 Å². The Morgan fingerprint density at radius 3 is 2.65 bits per heavy atom. The molecule has 0 aliphatic heterocycles. The van der Waals surface area contributed by atoms with Crippen molar-refractivity contribution in [3.05, 3.63) is 42.1 Å². The Morgan fingerprint density at radius 2 is 1.95 bits per heavy atom. The van der Waals surface area contributed by atoms with Gasteiger partial charge in [-0.15, -0.1) is 0 Å². The number of pyridine rings is 1. The number of nitrogens with zero attached hydrogens (tertiary/aromatic N) is 1. The molecule has 1 N–H and O–H groups in total. The van der Waals surface area contributed by atoms with E-state index in [1.54, 1.807) is 0 Å². The van der Waals surface area contributed by atoms with Gasteiger partial charge in [0.15, 0.2) is 0 Å². The van der Waals surface area contributed by atoms with E-state index in [0.717, 1.165) is 54.0 Å². The van der Waals surface area contributed by atoms with Gasteiger partial charge in [-0.05, 0) is 61.3 Å². The van der Waals surface area contributed by atoms with Crippen LogP contribution in [0.15, 0.2) is 36.5 Å². The molecule has 2 nitrogen and oxygen atoms in total. The molecule has 1 saturated carbocycles. The second-order valence-corrected chi connectivity index (χ2v) is 6.52. The van der Waals surface area contributed by atoms with Crippen LogP contribution in [-0.4, -0.2) is 10.1 Å². The summed E-state index contributed by atoms with van der Waals surface area (Å²) in [5.41, 5.74) is 1.41. The van der Waals surface area contributed by atoms with E-state index in [-0.39, 0.29) is 0 Å². The fraction of sp³-hybridized carbons (Fsp3) is 0.500. The van der Waals surface area contributed by atoms with Crippen molar-refractivity contribution in [2.24, 2.45) is 11.8 Å². The Labute approximate surface area is 120 Å². The van der Waals surface area contributed by atoms with Crippen LogP contribution in [0.25, 0.3) is 10.9 Å². The van der Waals surface area contributed by atoms with E-state index >= 15 is 0 Å². The lowest BCUT2D eigenvalue weighted by Gasteiger charge is -2.38. The Kier molecular flexibility index (Phi) is 3.51. The van der Waals surface area contributed by atoms with Gasteiger partial charge in [-0.2, -0.15) is 0 Å². The predicted molar refractivity (Wildman–Crippen MR) is 82.4 cm³/mol. The van der Waals surface area contributed by atoms with Crippen molar-refractivity contribution in [3.8, 4) is 0 Å². The quantitative estimate of drug-likeness (QED) is 0.883. The molecule has 2 heteroatoms. The summed E-state index contributed by atoms with van der Waals surface area (Å²) in [4.78, 5) is 4.34. The highest BCUT2D eigenvalue weighted by Gasteiger charge is 2.35. The lowest BCUT2D eigenvalue weighted by Crippen LogP contribution is -2.32. The highest BCUT2D eigenvalue weighted by Crippen LogP contribution is 2.42. The monoisotopic (exact) mass is 269 g/mol. The Balaban J connectivity index is 1.87. The molecular weight excluding hydrogens is 246 g/mol. The molecule has 0 spiro atoms. The van der Waals surface area contributed by atoms with E-state index in [0.29, 0.717) is 0 Å². The Hall–Kier alpha value is -1.41. The molecule has 1 aromatic heterocycles. The number of aromatic nitrogens is 1. The average Bonchev–Trinajstić information content (AvgIpc) is 2.47. The van der Waals surface area contributed by atoms with E-state index in [1.165, 1.54) is 0 Å². The number of fused-ring (bicyclic) bond motifs is 1. The molecule has 0 bridgehead atoms. The van der Waals surface area contributed by atoms with Gasteiger partial charge >= 0.3 is 0 Å². The van der Waals surface area contributed by atoms with Crippen LogP contribution in [0.1, 0.15) is 45.1 Å². The first-order chi connectivity index (χ1) is 9.58. The number of hydrogen-bond donors (Lipinski definition) is 1. The van der Waals surface area contributed by atoms with Crippen molar-refractivity contribution < 1.29 is 5.11 Å². The third kappa shape index (κ3) is 2.45. The van der Waals surface area contributed by atoms with Gasteiger partial charge in [-0.3, -0.25) is 4.98 Å². The highest BCUT2D eigenvalue weighted by molar-refractivity contribution is 5.79. The maximum atomic E-state index is 11.0. The minimum Gasteiger partial charge on any atom is -0.385 e. The zero-order valence-electron chi connectivity index (χ0n) is 12.3. The minimum atomic E-state index is -0.643. The number of hydrogen-bond acceptors (Lipinski definition) is 2. The SMILES string of the molecule is CC(C)C1CCC(O)(c2ccc3ncccc3c2)CC1. The van der Waals surface area contributed by atoms with E-state index < -0.39 is 5.60 Å². The van der Waals surface area contributed by atoms with Gasteiger partial charge in [-0.25, -0.2) is 0 Å². The van der Waals surface area contributed by atoms with E-state index in [1.807, 2.05) is 24.4 Å². The number of aliphatic hydroxyl groups is 1. The highest BCUT2D eigenvalue weighted by atomic mass is 16.3. The Bertz CT molecular complexity index is 597. The normalized spacial score (nSPS) is 27.1. The van der Waals surface area contributed by atoms with Gasteiger partial charge in [-0.1, -0.05) is 26.0 Å². The minimum absolute atomic E-state index is 0.643. The van der Waals surface area contributed by atoms with Crippen LogP contribution in [0.4, 0.5) is 0 Å². The molecule has 0 amide bonds. The van der Waals surface area contributed by atoms with Crippen molar-refractivity contribution in [2.45, 2.75) is 45.1 Å². The Morgan fingerprint density at radius 1 is 1.20 bits per heavy atom. The summed E-state index contributed by atoms with van der Waals surface area (Å²) in [6.07, 6.45) is 5.81. The topological polar surface area (TPSA) is 33.1 Å². The molecule has 1 fully saturated rings. The summed E-state index contributed by atoms with van der Waals surface area (Å²) < 4.78 is 0. The average molecular weight is 269 g/mol. The zero-order valence-corrected chi connectivity index (χ0v) is 12.3. The third-order valence-corrected chi connectivity index (χ3v) is 4.94. The van der Waals surface area contributed by atoms with Gasteiger partial charge in [0.2, 0.25) is 0 Å². The van der Waals surface area contributed by atoms with Crippen molar-refractivity contribution in [3.63, 3.8) is 0 Å². The molecule has 106 valence electrons. The van der Waals surface area contributed by atoms with E-state index in [2.05, 4.69) is 31.0 Å². The molecule has 1 aliphatic carbocycles. The van der Waals surface area contributed by atoms with Crippen LogP contribution in [0, 0.1) is 11.8 Å². The smallest absolute Gasteiger partial charge is 0.0897 e. The first-order valence-corrected chi connectivity index (χ1v) is 7.66. The first-order valence-electron chi connectivity index (χ1n) is 7.66. The first kappa shape index (κ1) is 13.6. The molecule has 20 heavy (non-hydrogen) atoms. The summed E-state index contributed by atoms with van der Waals surface area (Å²) >= 11 is 0. The second kappa shape index (κ2) is 5.17. The van der Waals surface area contributed by atoms with Crippen molar-refractivity contribution in [1.82, 2.24) is 4.98 Å². The van der Waals surface area contributed by atoms with Crippen LogP contribution in [0.3, 0.4) is 0 Å². The van der Waals surface area contributed by atoms with Gasteiger partial charge in [0.1, 0.15) is 0 Å². The summed E-state index contributed by atoms with van der Waals surface area (Å²) in [6.45, 7) is 4.58. The second-order valence-electron chi connectivity index (χ2n) is 6.52. The third-order valence-electron chi connectivity index (χ3n) is 4.94. The summed E-state index contributed by atoms with van der Waals surface area (Å²) in [5, 5.41) is 12.1. The molecular formula is C18H23NO. The lowest BCUT2D eigenvalue weighted by molar-refractivity contribution is -0.0198. The zero-order chi connectivity index (χ0) is 14.2. The molecule has 3 rings (SSSR count). The summed E-state index contributed by atoms with van der Waals surface area (Å²) in [6, 6.07) is 10.2. The molecule has 0 saturated heterocycles. The van der Waals surface area contributed by atoms with Crippen LogP contribution in [-0.2, 0) is 5.60 Å². The maximum Gasteiger partial charge on any atom is 0.0897 e. The van der Waals surface area contributed by atoms with E-state index in [9.17, 15) is 5.11 Å². The van der Waals surface area contributed by atoms with Crippen LogP contribution in [0.2, 0.25) is 0 Å². The fourth-order valence-electron chi connectivity index (χ4n) is 3.44. The van der Waals surface area contributed by atoms with Crippen LogP contribution < -0.4 is 0 Å². The summed E-state index contributed by atoms with van der Waals surface area (Å²) in [7, 11) is 0. The maximum absolute atomic E-state index is 11.0. The molecule has 1 aromatic carbocycles. The van der Waals surface area contributed by atoms with Gasteiger partial charge in [0.05, 0.1) is 11.1 Å². The van der Waals surface area contributed by atoms with E-state index in [4.69, 9.17) is 0 Å². The largest absolute Gasteiger partial charge is 0.385 e. The predicted octanol–water partition coefficient (Wildman–Crippen LogP) is 4.27. The number of benzene rings is 1. The molecule has 0 atom stereocenters. The van der Waals surface area contributed by atoms with Gasteiger partial charge in [0, 0.05) is 11.6 Å². The lowest BCUT2D eigenvalue weighted by atomic mass is 9.72. The van der Waals surface area contributed by atoms with Crippen LogP contribution in [0.5, 0.6) is 0 Å². The summed E-state index contributed by atoms with van der Waals surface area (Å²) in [5.74, 6) is 1.48. The van der Waals surface area contributed by atoms with Gasteiger partial charge in [0.25, 0.3) is 0 Å². The van der Waals surface area contributed by atoms with Crippen LogP contribution >= 0.6 is 0 Å². The molecule has 1 heterocycles. The molecule has 1 aliphatic rings. The number of rotatable bonds is 2. The van der Waals surface area contributed by atoms with Crippen molar-refractivity contribution >= 4 is 10.9 Å². The standard InChI is InChI=1S/C18H23NO/c1-13(2)14-7-9-18(20,10-8-14)16-5-6-17-15(12-16)4-3-11-19-17/h3-6,11-14,20H,7-10H2,1-2H3.